The van der Waals surface area contributed by atoms with Crippen LogP contribution < -0.4 is 21.6 Å². The molecule has 2 aliphatic rings. The van der Waals surface area contributed by atoms with E-state index in [2.05, 4.69) is 76.1 Å². The minimum absolute atomic E-state index is 0.172. The molecule has 2 aliphatic heterocycles. The first kappa shape index (κ1) is 31.9. The van der Waals surface area contributed by atoms with Gasteiger partial charge in [-0.15, -0.1) is 16.9 Å². The summed E-state index contributed by atoms with van der Waals surface area (Å²) in [5.41, 5.74) is 11.9. The van der Waals surface area contributed by atoms with Crippen molar-refractivity contribution in [3.05, 3.63) is 93.1 Å². The SMILES string of the molecule is C=C(/C=C\C=C/C)[C@H](Nc1cc(Cl)c2ncc(C#N)c(Nc3csc(Cl)c3)c2c1)C1=CN(C2CCN(C(C)(C)C)CC2)NN1. The van der Waals surface area contributed by atoms with Crippen LogP contribution in [0.3, 0.4) is 0 Å². The lowest BCUT2D eigenvalue weighted by Gasteiger charge is -2.42. The molecule has 8 nitrogen and oxygen atoms in total. The predicted molar refractivity (Wildman–Crippen MR) is 185 cm³/mol. The third-order valence-corrected chi connectivity index (χ3v) is 9.28. The van der Waals surface area contributed by atoms with Crippen LogP contribution in [0.15, 0.2) is 78.1 Å². The van der Waals surface area contributed by atoms with Crippen LogP contribution in [-0.4, -0.2) is 45.6 Å². The van der Waals surface area contributed by atoms with Gasteiger partial charge in [0.15, 0.2) is 0 Å². The van der Waals surface area contributed by atoms with Gasteiger partial charge in [0.1, 0.15) is 6.07 Å². The molecule has 3 aromatic rings. The first-order valence-electron chi connectivity index (χ1n) is 14.6. The molecule has 2 aromatic heterocycles. The minimum Gasteiger partial charge on any atom is -0.373 e. The second kappa shape index (κ2) is 13.6. The highest BCUT2D eigenvalue weighted by atomic mass is 35.5. The third kappa shape index (κ3) is 7.23. The summed E-state index contributed by atoms with van der Waals surface area (Å²) in [7, 11) is 0. The van der Waals surface area contributed by atoms with Crippen molar-refractivity contribution < 1.29 is 0 Å². The average Bonchev–Trinajstić information content (AvgIpc) is 3.65. The Morgan fingerprint density at radius 3 is 2.64 bits per heavy atom. The molecule has 1 saturated heterocycles. The van der Waals surface area contributed by atoms with Crippen LogP contribution >= 0.6 is 34.5 Å². The van der Waals surface area contributed by atoms with Gasteiger partial charge in [0.05, 0.1) is 43.6 Å². The Hall–Kier alpha value is -3.52. The van der Waals surface area contributed by atoms with Gasteiger partial charge in [0.2, 0.25) is 0 Å². The number of anilines is 3. The Balaban J connectivity index is 1.46. The quantitative estimate of drug-likeness (QED) is 0.173. The fraction of sp³-hybridized carbons (Fsp3) is 0.333. The van der Waals surface area contributed by atoms with Gasteiger partial charge in [-0.1, -0.05) is 54.1 Å². The van der Waals surface area contributed by atoms with Crippen LogP contribution in [0.25, 0.3) is 10.9 Å². The maximum atomic E-state index is 9.89. The number of aromatic nitrogens is 1. The summed E-state index contributed by atoms with van der Waals surface area (Å²) in [6.45, 7) is 15.3. The molecule has 1 atom stereocenters. The number of benzene rings is 1. The van der Waals surface area contributed by atoms with Crippen LogP contribution in [0.2, 0.25) is 9.36 Å². The number of hydrazine groups is 2. The summed E-state index contributed by atoms with van der Waals surface area (Å²) in [6, 6.07) is 7.97. The van der Waals surface area contributed by atoms with Gasteiger partial charge in [-0.25, -0.2) is 0 Å². The molecule has 230 valence electrons. The number of rotatable bonds is 9. The Morgan fingerprint density at radius 2 is 1.98 bits per heavy atom. The molecule has 1 fully saturated rings. The maximum Gasteiger partial charge on any atom is 0.103 e. The Labute approximate surface area is 273 Å². The van der Waals surface area contributed by atoms with E-state index in [0.717, 1.165) is 48.6 Å². The molecule has 0 unspecified atom stereocenters. The molecule has 0 amide bonds. The molecular formula is C33H38Cl2N8S. The van der Waals surface area contributed by atoms with Crippen LogP contribution in [0, 0.1) is 11.3 Å². The molecule has 4 N–H and O–H groups in total. The Morgan fingerprint density at radius 1 is 1.20 bits per heavy atom. The number of pyridine rings is 1. The maximum absolute atomic E-state index is 9.89. The summed E-state index contributed by atoms with van der Waals surface area (Å²) in [6.07, 6.45) is 13.7. The number of likely N-dealkylation sites (tertiary alicyclic amines) is 1. The standard InChI is InChI=1S/C33H38Cl2N8S/c1-6-7-8-9-21(2)30(28-19-43(41-40-28)25-10-12-42(13-11-25)33(3,4)5)38-23-14-26-31(39-24-16-29(35)44-20-24)22(17-36)18-37-32(26)27(34)15-23/h6-9,14-16,18-20,25,30,38,40-41H,2,10-13H2,1,3-5H3,(H,37,39)/b7-6-,9-8-/t30-/m0/s1. The topological polar surface area (TPSA) is 91.3 Å². The fourth-order valence-electron chi connectivity index (χ4n) is 5.51. The second-order valence-electron chi connectivity index (χ2n) is 11.9. The third-order valence-electron chi connectivity index (χ3n) is 7.90. The number of fused-ring (bicyclic) bond motifs is 1. The monoisotopic (exact) mass is 648 g/mol. The van der Waals surface area contributed by atoms with Crippen molar-refractivity contribution in [2.24, 2.45) is 0 Å². The van der Waals surface area contributed by atoms with Crippen molar-refractivity contribution in [1.29, 1.82) is 5.26 Å². The normalized spacial score (nSPS) is 17.2. The van der Waals surface area contributed by atoms with E-state index in [1.807, 2.05) is 54.8 Å². The van der Waals surface area contributed by atoms with Crippen molar-refractivity contribution >= 4 is 62.5 Å². The van der Waals surface area contributed by atoms with Gasteiger partial charge < -0.3 is 16.1 Å². The lowest BCUT2D eigenvalue weighted by molar-refractivity contribution is 0.0570. The number of nitrogens with one attached hydrogen (secondary N) is 4. The zero-order valence-corrected chi connectivity index (χ0v) is 27.7. The number of hydrogen-bond donors (Lipinski definition) is 4. The van der Waals surface area contributed by atoms with Crippen molar-refractivity contribution in [3.63, 3.8) is 0 Å². The Bertz CT molecular complexity index is 1650. The molecule has 0 aliphatic carbocycles. The number of piperidine rings is 1. The zero-order valence-electron chi connectivity index (χ0n) is 25.4. The van der Waals surface area contributed by atoms with E-state index >= 15 is 0 Å². The highest BCUT2D eigenvalue weighted by Gasteiger charge is 2.32. The molecule has 0 saturated carbocycles. The van der Waals surface area contributed by atoms with Crippen LogP contribution in [0.4, 0.5) is 17.1 Å². The summed E-state index contributed by atoms with van der Waals surface area (Å²) in [5, 5.41) is 22.2. The second-order valence-corrected chi connectivity index (χ2v) is 13.9. The van der Waals surface area contributed by atoms with E-state index in [1.165, 1.54) is 17.5 Å². The van der Waals surface area contributed by atoms with Crippen molar-refractivity contribution in [3.8, 4) is 6.07 Å². The lowest BCUT2D eigenvalue weighted by Crippen LogP contribution is -2.52. The number of nitriles is 1. The molecule has 11 heteroatoms. The molecule has 0 radical (unpaired) electrons. The molecule has 4 heterocycles. The smallest absolute Gasteiger partial charge is 0.103 e. The molecule has 0 bridgehead atoms. The van der Waals surface area contributed by atoms with Crippen molar-refractivity contribution in [1.82, 2.24) is 25.9 Å². The van der Waals surface area contributed by atoms with Crippen LogP contribution in [0.1, 0.15) is 46.1 Å². The van der Waals surface area contributed by atoms with E-state index in [1.54, 1.807) is 0 Å². The summed E-state index contributed by atoms with van der Waals surface area (Å²) in [4.78, 5) is 7.04. The molecule has 1 aromatic carbocycles. The van der Waals surface area contributed by atoms with E-state index in [4.69, 9.17) is 23.2 Å². The highest BCUT2D eigenvalue weighted by Crippen LogP contribution is 2.37. The van der Waals surface area contributed by atoms with Gasteiger partial charge in [0.25, 0.3) is 0 Å². The fourth-order valence-corrected chi connectivity index (χ4v) is 6.59. The number of nitrogens with zero attached hydrogens (tertiary/aromatic N) is 4. The minimum atomic E-state index is -0.295. The molecular weight excluding hydrogens is 611 g/mol. The predicted octanol–water partition coefficient (Wildman–Crippen LogP) is 8.12. The van der Waals surface area contributed by atoms with Crippen molar-refractivity contribution in [2.45, 2.75) is 58.2 Å². The summed E-state index contributed by atoms with van der Waals surface area (Å²) in [5.74, 6) is 0. The largest absolute Gasteiger partial charge is 0.373 e. The van der Waals surface area contributed by atoms with Gasteiger partial charge in [-0.3, -0.25) is 14.9 Å². The summed E-state index contributed by atoms with van der Waals surface area (Å²) < 4.78 is 0.650. The molecule has 44 heavy (non-hydrogen) atoms. The van der Waals surface area contributed by atoms with Gasteiger partial charge >= 0.3 is 0 Å². The van der Waals surface area contributed by atoms with Gasteiger partial charge in [0, 0.05) is 53.5 Å². The number of hydrogen-bond acceptors (Lipinski definition) is 9. The van der Waals surface area contributed by atoms with E-state index in [-0.39, 0.29) is 11.6 Å². The van der Waals surface area contributed by atoms with Crippen molar-refractivity contribution in [2.75, 3.05) is 23.7 Å². The lowest BCUT2D eigenvalue weighted by atomic mass is 9.98. The first-order valence-corrected chi connectivity index (χ1v) is 16.3. The van der Waals surface area contributed by atoms with Crippen LogP contribution in [0.5, 0.6) is 0 Å². The van der Waals surface area contributed by atoms with Crippen LogP contribution in [-0.2, 0) is 0 Å². The zero-order chi connectivity index (χ0) is 31.4. The molecule has 0 spiro atoms. The van der Waals surface area contributed by atoms with E-state index in [0.29, 0.717) is 37.6 Å². The average molecular weight is 650 g/mol. The Kier molecular flexibility index (Phi) is 9.88. The van der Waals surface area contributed by atoms with E-state index < -0.39 is 0 Å². The molecule has 5 rings (SSSR count). The van der Waals surface area contributed by atoms with Gasteiger partial charge in [-0.05, 0) is 64.3 Å². The van der Waals surface area contributed by atoms with Gasteiger partial charge in [-0.2, -0.15) is 5.26 Å². The number of thiophene rings is 1. The van der Waals surface area contributed by atoms with E-state index in [9.17, 15) is 5.26 Å². The first-order chi connectivity index (χ1) is 21.1. The number of halogens is 2. The summed E-state index contributed by atoms with van der Waals surface area (Å²) >= 11 is 14.4. The highest BCUT2D eigenvalue weighted by molar-refractivity contribution is 7.14. The number of allylic oxidation sites excluding steroid dienone is 3.